The average molecular weight is 398 g/mol. The second-order valence-corrected chi connectivity index (χ2v) is 7.61. The molecular weight excluding hydrogens is 376 g/mol. The first kappa shape index (κ1) is 19.9. The van der Waals surface area contributed by atoms with E-state index in [0.717, 1.165) is 37.0 Å². The molecule has 1 aromatic carbocycles. The molecule has 0 atom stereocenters. The summed E-state index contributed by atoms with van der Waals surface area (Å²) in [6, 6.07) is 11.6. The van der Waals surface area contributed by atoms with E-state index in [4.69, 9.17) is 9.47 Å². The predicted octanol–water partition coefficient (Wildman–Crippen LogP) is 3.84. The van der Waals surface area contributed by atoms with Crippen molar-refractivity contribution in [3.8, 4) is 11.8 Å². The smallest absolute Gasteiger partial charge is 0.306 e. The highest BCUT2D eigenvalue weighted by molar-refractivity contribution is 7.16. The number of carbonyl (C=O) groups is 2. The van der Waals surface area contributed by atoms with Crippen molar-refractivity contribution in [2.75, 3.05) is 18.5 Å². The number of benzene rings is 1. The van der Waals surface area contributed by atoms with Crippen LogP contribution in [0.25, 0.3) is 0 Å². The Balaban J connectivity index is 1.39. The van der Waals surface area contributed by atoms with Crippen molar-refractivity contribution in [2.24, 2.45) is 0 Å². The Bertz CT molecular complexity index is 871. The standard InChI is InChI=1S/C21H22N2O4S/c22-13-17-16-9-4-5-10-18(16)28-21(17)23-19(24)14-27-20(25)11-6-12-26-15-7-2-1-3-8-15/h1-3,7-8H,4-6,9-12,14H2,(H,23,24). The third-order valence-corrected chi connectivity index (χ3v) is 5.64. The molecule has 28 heavy (non-hydrogen) atoms. The number of amides is 1. The van der Waals surface area contributed by atoms with E-state index in [0.29, 0.717) is 23.6 Å². The van der Waals surface area contributed by atoms with Crippen LogP contribution in [0.3, 0.4) is 0 Å². The molecule has 0 saturated carbocycles. The zero-order valence-corrected chi connectivity index (χ0v) is 16.3. The van der Waals surface area contributed by atoms with Gasteiger partial charge in [0.25, 0.3) is 5.91 Å². The summed E-state index contributed by atoms with van der Waals surface area (Å²) in [7, 11) is 0. The molecule has 0 spiro atoms. The summed E-state index contributed by atoms with van der Waals surface area (Å²) in [5, 5.41) is 12.7. The topological polar surface area (TPSA) is 88.4 Å². The van der Waals surface area contributed by atoms with Crippen LogP contribution in [0.5, 0.6) is 5.75 Å². The normalized spacial score (nSPS) is 12.5. The van der Waals surface area contributed by atoms with Gasteiger partial charge in [0.15, 0.2) is 6.61 Å². The molecule has 0 aliphatic heterocycles. The van der Waals surface area contributed by atoms with Crippen LogP contribution < -0.4 is 10.1 Å². The lowest BCUT2D eigenvalue weighted by Gasteiger charge is -2.09. The number of thiophene rings is 1. The van der Waals surface area contributed by atoms with E-state index in [1.54, 1.807) is 0 Å². The van der Waals surface area contributed by atoms with Gasteiger partial charge in [-0.1, -0.05) is 18.2 Å². The number of hydrogen-bond donors (Lipinski definition) is 1. The van der Waals surface area contributed by atoms with Crippen LogP contribution in [0.4, 0.5) is 5.00 Å². The highest BCUT2D eigenvalue weighted by Crippen LogP contribution is 2.37. The first-order chi connectivity index (χ1) is 13.7. The number of ether oxygens (including phenoxy) is 2. The maximum Gasteiger partial charge on any atom is 0.306 e. The minimum absolute atomic E-state index is 0.177. The molecular formula is C21H22N2O4S. The number of nitrogens with zero attached hydrogens (tertiary/aromatic N) is 1. The van der Waals surface area contributed by atoms with Gasteiger partial charge in [0.1, 0.15) is 16.8 Å². The summed E-state index contributed by atoms with van der Waals surface area (Å²) in [5.41, 5.74) is 1.61. The molecule has 3 rings (SSSR count). The number of para-hydroxylation sites is 1. The van der Waals surface area contributed by atoms with Crippen LogP contribution in [0.15, 0.2) is 30.3 Å². The third kappa shape index (κ3) is 5.33. The first-order valence-corrected chi connectivity index (χ1v) is 10.2. The van der Waals surface area contributed by atoms with Gasteiger partial charge < -0.3 is 14.8 Å². The van der Waals surface area contributed by atoms with Crippen LogP contribution in [0, 0.1) is 11.3 Å². The lowest BCUT2D eigenvalue weighted by molar-refractivity contribution is -0.147. The Morgan fingerprint density at radius 2 is 1.96 bits per heavy atom. The fourth-order valence-corrected chi connectivity index (χ4v) is 4.33. The average Bonchev–Trinajstić information content (AvgIpc) is 3.07. The molecule has 0 bridgehead atoms. The summed E-state index contributed by atoms with van der Waals surface area (Å²) in [4.78, 5) is 25.1. The van der Waals surface area contributed by atoms with Crippen LogP contribution in [-0.4, -0.2) is 25.1 Å². The lowest BCUT2D eigenvalue weighted by atomic mass is 9.96. The van der Waals surface area contributed by atoms with Crippen molar-refractivity contribution in [3.63, 3.8) is 0 Å². The molecule has 0 unspecified atom stereocenters. The van der Waals surface area contributed by atoms with Crippen molar-refractivity contribution >= 4 is 28.2 Å². The van der Waals surface area contributed by atoms with Crippen LogP contribution in [0.2, 0.25) is 0 Å². The second kappa shape index (κ2) is 9.90. The molecule has 1 aliphatic rings. The zero-order chi connectivity index (χ0) is 19.8. The maximum atomic E-state index is 12.1. The summed E-state index contributed by atoms with van der Waals surface area (Å²) in [5.74, 6) is -0.121. The summed E-state index contributed by atoms with van der Waals surface area (Å²) < 4.78 is 10.5. The molecule has 6 nitrogen and oxygen atoms in total. The quantitative estimate of drug-likeness (QED) is 0.539. The largest absolute Gasteiger partial charge is 0.494 e. The second-order valence-electron chi connectivity index (χ2n) is 6.50. The van der Waals surface area contributed by atoms with Gasteiger partial charge in [0.05, 0.1) is 12.2 Å². The van der Waals surface area contributed by atoms with E-state index < -0.39 is 11.9 Å². The molecule has 1 amide bonds. The van der Waals surface area contributed by atoms with Crippen LogP contribution >= 0.6 is 11.3 Å². The van der Waals surface area contributed by atoms with Gasteiger partial charge in [-0.05, 0) is 49.8 Å². The van der Waals surface area contributed by atoms with E-state index in [-0.39, 0.29) is 13.0 Å². The predicted molar refractivity (Wildman–Crippen MR) is 106 cm³/mol. The molecule has 2 aromatic rings. The molecule has 0 radical (unpaired) electrons. The van der Waals surface area contributed by atoms with Crippen LogP contribution in [-0.2, 0) is 27.2 Å². The number of aryl methyl sites for hydroxylation is 1. The summed E-state index contributed by atoms with van der Waals surface area (Å²) >= 11 is 1.45. The zero-order valence-electron chi connectivity index (χ0n) is 15.5. The Labute approximate surface area is 168 Å². The minimum atomic E-state index is -0.446. The first-order valence-electron chi connectivity index (χ1n) is 9.35. The molecule has 7 heteroatoms. The van der Waals surface area contributed by atoms with Crippen LogP contribution in [0.1, 0.15) is 41.7 Å². The van der Waals surface area contributed by atoms with Gasteiger partial charge >= 0.3 is 5.97 Å². The van der Waals surface area contributed by atoms with Gasteiger partial charge in [-0.15, -0.1) is 11.3 Å². The van der Waals surface area contributed by atoms with Crippen molar-refractivity contribution < 1.29 is 19.1 Å². The van der Waals surface area contributed by atoms with Crippen molar-refractivity contribution in [3.05, 3.63) is 46.3 Å². The fraction of sp³-hybridized carbons (Fsp3) is 0.381. The van der Waals surface area contributed by atoms with E-state index in [1.807, 2.05) is 30.3 Å². The Kier molecular flexibility index (Phi) is 7.04. The van der Waals surface area contributed by atoms with Crippen molar-refractivity contribution in [2.45, 2.75) is 38.5 Å². The summed E-state index contributed by atoms with van der Waals surface area (Å²) in [6.45, 7) is 0.0450. The van der Waals surface area contributed by atoms with E-state index in [2.05, 4.69) is 11.4 Å². The Morgan fingerprint density at radius 3 is 2.75 bits per heavy atom. The number of carbonyl (C=O) groups excluding carboxylic acids is 2. The van der Waals surface area contributed by atoms with Gasteiger partial charge in [0, 0.05) is 11.3 Å². The number of hydrogen-bond acceptors (Lipinski definition) is 6. The molecule has 1 N–H and O–H groups in total. The minimum Gasteiger partial charge on any atom is -0.494 e. The number of nitriles is 1. The number of rotatable bonds is 8. The monoisotopic (exact) mass is 398 g/mol. The fourth-order valence-electron chi connectivity index (χ4n) is 3.08. The van der Waals surface area contributed by atoms with Gasteiger partial charge in [-0.25, -0.2) is 0 Å². The maximum absolute atomic E-state index is 12.1. The van der Waals surface area contributed by atoms with Gasteiger partial charge in [0.2, 0.25) is 0 Å². The van der Waals surface area contributed by atoms with E-state index in [1.165, 1.54) is 16.2 Å². The van der Waals surface area contributed by atoms with Crippen molar-refractivity contribution in [1.29, 1.82) is 5.26 Å². The molecule has 1 heterocycles. The Morgan fingerprint density at radius 1 is 1.18 bits per heavy atom. The van der Waals surface area contributed by atoms with Gasteiger partial charge in [-0.3, -0.25) is 9.59 Å². The number of nitrogens with one attached hydrogen (secondary N) is 1. The van der Waals surface area contributed by atoms with E-state index in [9.17, 15) is 14.9 Å². The molecule has 1 aliphatic carbocycles. The lowest BCUT2D eigenvalue weighted by Crippen LogP contribution is -2.21. The molecule has 146 valence electrons. The SMILES string of the molecule is N#Cc1c(NC(=O)COC(=O)CCCOc2ccccc2)sc2c1CCCC2. The van der Waals surface area contributed by atoms with E-state index >= 15 is 0 Å². The number of fused-ring (bicyclic) bond motifs is 1. The van der Waals surface area contributed by atoms with Crippen molar-refractivity contribution in [1.82, 2.24) is 0 Å². The highest BCUT2D eigenvalue weighted by atomic mass is 32.1. The number of esters is 1. The molecule has 0 fully saturated rings. The summed E-state index contributed by atoms with van der Waals surface area (Å²) in [6.07, 6.45) is 4.69. The molecule has 0 saturated heterocycles. The Hall–Kier alpha value is -2.85. The number of anilines is 1. The molecule has 1 aromatic heterocycles. The highest BCUT2D eigenvalue weighted by Gasteiger charge is 2.22. The third-order valence-electron chi connectivity index (χ3n) is 4.44. The van der Waals surface area contributed by atoms with Gasteiger partial charge in [-0.2, -0.15) is 5.26 Å².